The Morgan fingerprint density at radius 2 is 1.83 bits per heavy atom. The predicted octanol–water partition coefficient (Wildman–Crippen LogP) is -0.340. The van der Waals surface area contributed by atoms with Gasteiger partial charge in [0.1, 0.15) is 35.1 Å². The van der Waals surface area contributed by atoms with Crippen LogP contribution in [0.4, 0.5) is 0 Å². The van der Waals surface area contributed by atoms with Gasteiger partial charge in [0.25, 0.3) is 0 Å². The molecule has 5 unspecified atom stereocenters. The molecule has 10 nitrogen and oxygen atoms in total. The van der Waals surface area contributed by atoms with E-state index in [0.717, 1.165) is 0 Å². The summed E-state index contributed by atoms with van der Waals surface area (Å²) in [5.41, 5.74) is -1.06. The summed E-state index contributed by atoms with van der Waals surface area (Å²) < 4.78 is 16.7. The fourth-order valence-electron chi connectivity index (χ4n) is 3.58. The van der Waals surface area contributed by atoms with Gasteiger partial charge in [0, 0.05) is 24.1 Å². The molecule has 1 fully saturated rings. The lowest BCUT2D eigenvalue weighted by atomic mass is 9.93. The second-order valence-corrected chi connectivity index (χ2v) is 7.48. The number of phenolic OH excluding ortho intramolecular Hbond substituents is 3. The number of ether oxygens (including phenoxy) is 3. The van der Waals surface area contributed by atoms with Crippen molar-refractivity contribution in [1.82, 2.24) is 0 Å². The molecular weight excluding hydrogens is 400 g/mol. The third-order valence-corrected chi connectivity index (χ3v) is 5.32. The molecule has 10 heteroatoms. The van der Waals surface area contributed by atoms with Gasteiger partial charge in [-0.25, -0.2) is 0 Å². The van der Waals surface area contributed by atoms with Crippen molar-refractivity contribution in [3.8, 4) is 28.7 Å². The number of rotatable bonds is 4. The fourth-order valence-corrected chi connectivity index (χ4v) is 3.58. The second kappa shape index (κ2) is 7.49. The van der Waals surface area contributed by atoms with Crippen molar-refractivity contribution in [2.24, 2.45) is 0 Å². The Balaban J connectivity index is 1.62. The number of phenols is 3. The third-order valence-electron chi connectivity index (χ3n) is 5.32. The first-order chi connectivity index (χ1) is 14.2. The van der Waals surface area contributed by atoms with E-state index in [0.29, 0.717) is 11.1 Å². The standard InChI is InChI=1S/C20H22O10/c21-7-20(27)8-28-19(18(20)26)30-16-5-10(22)4-15-11(16)6-14(25)17(29-15)9-1-2-12(23)13(24)3-9/h1-5,14,17-19,21-27H,6-8H2. The monoisotopic (exact) mass is 422 g/mol. The van der Waals surface area contributed by atoms with Crippen LogP contribution in [0.1, 0.15) is 17.2 Å². The van der Waals surface area contributed by atoms with Gasteiger partial charge in [-0.15, -0.1) is 0 Å². The number of aromatic hydroxyl groups is 3. The van der Waals surface area contributed by atoms with Gasteiger partial charge < -0.3 is 50.0 Å². The van der Waals surface area contributed by atoms with Crippen LogP contribution in [0.2, 0.25) is 0 Å². The predicted molar refractivity (Wildman–Crippen MR) is 99.4 cm³/mol. The zero-order chi connectivity index (χ0) is 21.6. The van der Waals surface area contributed by atoms with Gasteiger partial charge in [0.2, 0.25) is 6.29 Å². The highest BCUT2D eigenvalue weighted by Gasteiger charge is 2.49. The quantitative estimate of drug-likeness (QED) is 0.324. The zero-order valence-electron chi connectivity index (χ0n) is 15.7. The van der Waals surface area contributed by atoms with Crippen LogP contribution >= 0.6 is 0 Å². The lowest BCUT2D eigenvalue weighted by Crippen LogP contribution is -2.48. The summed E-state index contributed by atoms with van der Waals surface area (Å²) >= 11 is 0. The number of hydrogen-bond acceptors (Lipinski definition) is 10. The van der Waals surface area contributed by atoms with Gasteiger partial charge >= 0.3 is 0 Å². The van der Waals surface area contributed by atoms with E-state index in [2.05, 4.69) is 0 Å². The molecule has 2 aromatic carbocycles. The number of hydrogen-bond donors (Lipinski definition) is 7. The molecule has 2 heterocycles. The number of benzene rings is 2. The van der Waals surface area contributed by atoms with E-state index in [1.165, 1.54) is 30.3 Å². The molecule has 7 N–H and O–H groups in total. The minimum Gasteiger partial charge on any atom is -0.508 e. The Kier molecular flexibility index (Phi) is 5.12. The molecule has 1 saturated heterocycles. The maximum atomic E-state index is 10.6. The summed E-state index contributed by atoms with van der Waals surface area (Å²) in [6, 6.07) is 6.62. The minimum absolute atomic E-state index is 0.0460. The lowest BCUT2D eigenvalue weighted by Gasteiger charge is -2.32. The number of aliphatic hydroxyl groups is 4. The van der Waals surface area contributed by atoms with Crippen molar-refractivity contribution in [2.75, 3.05) is 13.2 Å². The first-order valence-electron chi connectivity index (χ1n) is 9.24. The Morgan fingerprint density at radius 3 is 2.50 bits per heavy atom. The van der Waals surface area contributed by atoms with Gasteiger partial charge in [-0.05, 0) is 17.7 Å². The Bertz CT molecular complexity index is 947. The van der Waals surface area contributed by atoms with Crippen molar-refractivity contribution >= 4 is 0 Å². The average Bonchev–Trinajstić information content (AvgIpc) is 2.99. The van der Waals surface area contributed by atoms with Crippen LogP contribution < -0.4 is 9.47 Å². The van der Waals surface area contributed by atoms with E-state index in [4.69, 9.17) is 14.2 Å². The van der Waals surface area contributed by atoms with E-state index < -0.39 is 36.8 Å². The molecule has 162 valence electrons. The first-order valence-corrected chi connectivity index (χ1v) is 9.24. The smallest absolute Gasteiger partial charge is 0.229 e. The first kappa shape index (κ1) is 20.5. The molecule has 30 heavy (non-hydrogen) atoms. The molecule has 0 spiro atoms. The Labute approximate surface area is 170 Å². The van der Waals surface area contributed by atoms with Crippen molar-refractivity contribution in [2.45, 2.75) is 36.6 Å². The molecule has 2 aromatic rings. The van der Waals surface area contributed by atoms with Crippen molar-refractivity contribution in [3.63, 3.8) is 0 Å². The van der Waals surface area contributed by atoms with Crippen LogP contribution in [0.25, 0.3) is 0 Å². The van der Waals surface area contributed by atoms with Crippen molar-refractivity contribution in [3.05, 3.63) is 41.5 Å². The maximum absolute atomic E-state index is 10.6. The molecule has 0 amide bonds. The molecule has 2 aliphatic heterocycles. The summed E-state index contributed by atoms with van der Waals surface area (Å²) in [4.78, 5) is 0. The van der Waals surface area contributed by atoms with Crippen LogP contribution in [0.15, 0.2) is 30.3 Å². The van der Waals surface area contributed by atoms with E-state index >= 15 is 0 Å². The summed E-state index contributed by atoms with van der Waals surface area (Å²) in [6.07, 6.45) is -4.74. The zero-order valence-corrected chi connectivity index (χ0v) is 15.7. The van der Waals surface area contributed by atoms with E-state index in [1.54, 1.807) is 0 Å². The Hall–Kier alpha value is -2.76. The molecule has 0 saturated carbocycles. The van der Waals surface area contributed by atoms with Crippen LogP contribution in [0.3, 0.4) is 0 Å². The van der Waals surface area contributed by atoms with E-state index in [9.17, 15) is 35.7 Å². The summed E-state index contributed by atoms with van der Waals surface area (Å²) in [5.74, 6) is -0.606. The molecule has 0 radical (unpaired) electrons. The SMILES string of the molecule is OCC1(O)COC(Oc2cc(O)cc3c2CC(O)C(c2ccc(O)c(O)c2)O3)C1O. The van der Waals surface area contributed by atoms with Crippen LogP contribution in [0, 0.1) is 0 Å². The molecule has 0 aromatic heterocycles. The molecule has 4 rings (SSSR count). The van der Waals surface area contributed by atoms with E-state index in [-0.39, 0.29) is 41.8 Å². The van der Waals surface area contributed by atoms with Gasteiger partial charge in [-0.1, -0.05) is 6.07 Å². The molecular formula is C20H22O10. The van der Waals surface area contributed by atoms with Gasteiger partial charge in [0.05, 0.1) is 19.3 Å². The highest BCUT2D eigenvalue weighted by Crippen LogP contribution is 2.44. The highest BCUT2D eigenvalue weighted by molar-refractivity contribution is 5.53. The van der Waals surface area contributed by atoms with Crippen molar-refractivity contribution in [1.29, 1.82) is 0 Å². The topological polar surface area (TPSA) is 169 Å². The van der Waals surface area contributed by atoms with E-state index in [1.807, 2.05) is 0 Å². The summed E-state index contributed by atoms with van der Waals surface area (Å²) in [6.45, 7) is -1.07. The van der Waals surface area contributed by atoms with Crippen LogP contribution in [0.5, 0.6) is 28.7 Å². The van der Waals surface area contributed by atoms with Crippen molar-refractivity contribution < 1.29 is 50.0 Å². The van der Waals surface area contributed by atoms with Crippen LogP contribution in [-0.4, -0.2) is 73.1 Å². The lowest BCUT2D eigenvalue weighted by molar-refractivity contribution is -0.116. The van der Waals surface area contributed by atoms with Gasteiger partial charge in [-0.3, -0.25) is 0 Å². The average molecular weight is 422 g/mol. The molecule has 5 atom stereocenters. The molecule has 0 aliphatic carbocycles. The summed E-state index contributed by atoms with van der Waals surface area (Å²) in [7, 11) is 0. The van der Waals surface area contributed by atoms with Crippen LogP contribution in [-0.2, 0) is 11.2 Å². The van der Waals surface area contributed by atoms with Gasteiger partial charge in [0.15, 0.2) is 11.5 Å². The minimum atomic E-state index is -1.87. The third kappa shape index (κ3) is 3.48. The van der Waals surface area contributed by atoms with Gasteiger partial charge in [-0.2, -0.15) is 0 Å². The second-order valence-electron chi connectivity index (χ2n) is 7.48. The molecule has 0 bridgehead atoms. The fraction of sp³-hybridized carbons (Fsp3) is 0.400. The summed E-state index contributed by atoms with van der Waals surface area (Å²) in [5, 5.41) is 69.4. The number of aliphatic hydroxyl groups excluding tert-OH is 3. The number of fused-ring (bicyclic) bond motifs is 1. The largest absolute Gasteiger partial charge is 0.508 e. The maximum Gasteiger partial charge on any atom is 0.229 e. The molecule has 2 aliphatic rings. The normalized spacial score (nSPS) is 30.5. The highest BCUT2D eigenvalue weighted by atomic mass is 16.7. The Morgan fingerprint density at radius 1 is 1.07 bits per heavy atom.